The summed E-state index contributed by atoms with van der Waals surface area (Å²) < 4.78 is 5.59. The van der Waals surface area contributed by atoms with Crippen LogP contribution in [0, 0.1) is 0 Å². The molecule has 3 rings (SSSR count). The van der Waals surface area contributed by atoms with E-state index in [4.69, 9.17) is 9.84 Å². The van der Waals surface area contributed by atoms with Crippen molar-refractivity contribution in [1.82, 2.24) is 5.32 Å². The summed E-state index contributed by atoms with van der Waals surface area (Å²) in [6.07, 6.45) is 2.99. The lowest BCUT2D eigenvalue weighted by atomic mass is 9.86. The van der Waals surface area contributed by atoms with E-state index >= 15 is 0 Å². The molecule has 1 aliphatic carbocycles. The zero-order valence-electron chi connectivity index (χ0n) is 14.6. The van der Waals surface area contributed by atoms with Crippen LogP contribution < -0.4 is 5.32 Å². The van der Waals surface area contributed by atoms with E-state index in [1.807, 2.05) is 0 Å². The third kappa shape index (κ3) is 3.45. The number of Topliss-reactive ketones (excluding diaryl/α,β-unsaturated/α-hetero) is 1. The minimum Gasteiger partial charge on any atom is -0.395 e. The summed E-state index contributed by atoms with van der Waals surface area (Å²) in [5.41, 5.74) is -0.739. The maximum absolute atomic E-state index is 13.0. The number of nitrogens with zero attached hydrogens (tertiary/aromatic N) is 1. The highest BCUT2D eigenvalue weighted by atomic mass is 16.6. The average molecular weight is 374 g/mol. The second-order valence-corrected chi connectivity index (χ2v) is 6.44. The Morgan fingerprint density at radius 2 is 1.85 bits per heavy atom. The van der Waals surface area contributed by atoms with Crippen molar-refractivity contribution in [3.63, 3.8) is 0 Å². The predicted octanol–water partition coefficient (Wildman–Crippen LogP) is -0.842. The lowest BCUT2D eigenvalue weighted by Crippen LogP contribution is -2.59. The molecule has 1 atom stereocenters. The van der Waals surface area contributed by atoms with Gasteiger partial charge in [-0.15, -0.1) is 0 Å². The van der Waals surface area contributed by atoms with Gasteiger partial charge in [0.2, 0.25) is 0 Å². The van der Waals surface area contributed by atoms with E-state index in [-0.39, 0.29) is 42.5 Å². The van der Waals surface area contributed by atoms with Gasteiger partial charge in [-0.1, -0.05) is 30.3 Å². The van der Waals surface area contributed by atoms with Gasteiger partial charge in [-0.05, 0) is 12.2 Å². The van der Waals surface area contributed by atoms with E-state index in [9.17, 15) is 20.1 Å². The molecule has 5 N–H and O–H groups in total. The molecule has 2 aliphatic rings. The van der Waals surface area contributed by atoms with Gasteiger partial charge in [-0.3, -0.25) is 9.79 Å². The van der Waals surface area contributed by atoms with Crippen molar-refractivity contribution in [1.29, 1.82) is 0 Å². The first-order chi connectivity index (χ1) is 13.0. The van der Waals surface area contributed by atoms with Crippen LogP contribution in [-0.4, -0.2) is 76.2 Å². The number of aliphatic hydroxyl groups is 4. The number of aliphatic imine (C=N–C) groups is 1. The first-order valence-electron chi connectivity index (χ1n) is 8.55. The van der Waals surface area contributed by atoms with Crippen molar-refractivity contribution in [3.05, 3.63) is 59.3 Å². The second kappa shape index (κ2) is 7.71. The summed E-state index contributed by atoms with van der Waals surface area (Å²) in [5, 5.41) is 42.4. The maximum Gasteiger partial charge on any atom is 0.252 e. The molecular formula is C19H22N2O6. The van der Waals surface area contributed by atoms with Crippen LogP contribution in [0.2, 0.25) is 0 Å². The highest BCUT2D eigenvalue weighted by Crippen LogP contribution is 2.35. The fourth-order valence-electron chi connectivity index (χ4n) is 2.97. The van der Waals surface area contributed by atoms with E-state index in [1.165, 1.54) is 12.2 Å². The van der Waals surface area contributed by atoms with Crippen molar-refractivity contribution >= 4 is 11.5 Å². The molecule has 8 nitrogen and oxygen atoms in total. The zero-order valence-corrected chi connectivity index (χ0v) is 14.6. The molecule has 0 fully saturated rings. The molecule has 1 aliphatic heterocycles. The number of carbonyl (C=O) groups is 1. The van der Waals surface area contributed by atoms with E-state index in [0.29, 0.717) is 5.56 Å². The molecule has 0 aromatic heterocycles. The molecule has 27 heavy (non-hydrogen) atoms. The average Bonchev–Trinajstić information content (AvgIpc) is 2.72. The first-order valence-corrected chi connectivity index (χ1v) is 8.55. The fraction of sp³-hybridized carbons (Fsp3) is 0.368. The summed E-state index contributed by atoms with van der Waals surface area (Å²) in [7, 11) is 0. The van der Waals surface area contributed by atoms with Gasteiger partial charge < -0.3 is 30.5 Å². The molecule has 8 heteroatoms. The van der Waals surface area contributed by atoms with E-state index in [0.717, 1.165) is 0 Å². The van der Waals surface area contributed by atoms with Gasteiger partial charge in [0.15, 0.2) is 5.78 Å². The van der Waals surface area contributed by atoms with Crippen LogP contribution in [-0.2, 0) is 4.74 Å². The minimum absolute atomic E-state index is 0.0892. The summed E-state index contributed by atoms with van der Waals surface area (Å²) >= 11 is 0. The summed E-state index contributed by atoms with van der Waals surface area (Å²) in [5.74, 6) is -2.42. The normalized spacial score (nSPS) is 23.6. The second-order valence-electron chi connectivity index (χ2n) is 6.44. The minimum atomic E-state index is -2.04. The van der Waals surface area contributed by atoms with Gasteiger partial charge in [0, 0.05) is 17.7 Å². The lowest BCUT2D eigenvalue weighted by molar-refractivity contribution is -0.156. The largest absolute Gasteiger partial charge is 0.395 e. The number of hydrogen-bond acceptors (Lipinski definition) is 8. The molecule has 1 unspecified atom stereocenters. The van der Waals surface area contributed by atoms with Crippen molar-refractivity contribution in [2.45, 2.75) is 11.3 Å². The van der Waals surface area contributed by atoms with Crippen LogP contribution in [0.25, 0.3) is 0 Å². The van der Waals surface area contributed by atoms with Crippen LogP contribution in [0.15, 0.2) is 58.7 Å². The number of allylic oxidation sites excluding steroid dienone is 2. The summed E-state index contributed by atoms with van der Waals surface area (Å²) in [6, 6.07) is 8.50. The molecule has 0 amide bonds. The molecule has 0 saturated heterocycles. The van der Waals surface area contributed by atoms with E-state index in [2.05, 4.69) is 10.3 Å². The Hall–Kier alpha value is -2.36. The summed E-state index contributed by atoms with van der Waals surface area (Å²) in [6.45, 7) is -1.29. The number of hydrogen-bond donors (Lipinski definition) is 5. The van der Waals surface area contributed by atoms with Gasteiger partial charge in [0.05, 0.1) is 32.1 Å². The van der Waals surface area contributed by atoms with Crippen LogP contribution in [0.1, 0.15) is 10.4 Å². The zero-order chi connectivity index (χ0) is 19.5. The Balaban J connectivity index is 2.10. The highest BCUT2D eigenvalue weighted by molar-refractivity contribution is 6.31. The van der Waals surface area contributed by atoms with Gasteiger partial charge in [0.25, 0.3) is 5.79 Å². The number of fused-ring (bicyclic) bond motifs is 1. The number of ether oxygens (including phenoxy) is 1. The number of nitrogens with one attached hydrogen (secondary N) is 1. The maximum atomic E-state index is 13.0. The van der Waals surface area contributed by atoms with Crippen molar-refractivity contribution in [2.24, 2.45) is 4.99 Å². The standard InChI is InChI=1S/C19H22N2O6/c22-9-8-20-15-7-6-14(16(25)13-4-2-1-3-5-13)17-19(15,26)27-12-18(10-23,11-24)21-17/h1-7,20,22-24,26H,8-12H2. The quantitative estimate of drug-likeness (QED) is 0.393. The highest BCUT2D eigenvalue weighted by Gasteiger charge is 2.51. The monoisotopic (exact) mass is 374 g/mol. The Bertz CT molecular complexity index is 798. The van der Waals surface area contributed by atoms with Gasteiger partial charge in [-0.25, -0.2) is 0 Å². The Morgan fingerprint density at radius 1 is 1.15 bits per heavy atom. The van der Waals surface area contributed by atoms with Crippen molar-refractivity contribution < 1.29 is 30.0 Å². The van der Waals surface area contributed by atoms with E-state index in [1.54, 1.807) is 30.3 Å². The SMILES string of the molecule is O=C(C1=CC=C(NCCO)C2(O)OCC(CO)(CO)N=C12)c1ccccc1. The van der Waals surface area contributed by atoms with Crippen LogP contribution in [0.4, 0.5) is 0 Å². The molecule has 1 heterocycles. The third-order valence-electron chi connectivity index (χ3n) is 4.55. The number of ketones is 1. The van der Waals surface area contributed by atoms with Crippen LogP contribution >= 0.6 is 0 Å². The smallest absolute Gasteiger partial charge is 0.252 e. The predicted molar refractivity (Wildman–Crippen MR) is 97.3 cm³/mol. The molecule has 144 valence electrons. The van der Waals surface area contributed by atoms with Gasteiger partial charge in [0.1, 0.15) is 11.3 Å². The Morgan fingerprint density at radius 3 is 2.48 bits per heavy atom. The number of aliphatic hydroxyl groups excluding tert-OH is 3. The topological polar surface area (TPSA) is 132 Å². The van der Waals surface area contributed by atoms with Crippen LogP contribution in [0.3, 0.4) is 0 Å². The Kier molecular flexibility index (Phi) is 5.54. The fourth-order valence-corrected chi connectivity index (χ4v) is 2.97. The van der Waals surface area contributed by atoms with Gasteiger partial charge >= 0.3 is 0 Å². The molecule has 0 radical (unpaired) electrons. The van der Waals surface area contributed by atoms with E-state index < -0.39 is 24.5 Å². The molecule has 0 saturated carbocycles. The molecular weight excluding hydrogens is 352 g/mol. The number of carbonyl (C=O) groups excluding carboxylic acids is 1. The molecule has 0 spiro atoms. The third-order valence-corrected chi connectivity index (χ3v) is 4.55. The molecule has 1 aromatic carbocycles. The summed E-state index contributed by atoms with van der Waals surface area (Å²) in [4.78, 5) is 17.3. The molecule has 0 bridgehead atoms. The molecule has 1 aromatic rings. The van der Waals surface area contributed by atoms with Crippen molar-refractivity contribution in [2.75, 3.05) is 33.0 Å². The number of benzene rings is 1. The van der Waals surface area contributed by atoms with Crippen LogP contribution in [0.5, 0.6) is 0 Å². The van der Waals surface area contributed by atoms with Gasteiger partial charge in [-0.2, -0.15) is 0 Å². The van der Waals surface area contributed by atoms with Crippen molar-refractivity contribution in [3.8, 4) is 0 Å². The number of rotatable bonds is 7. The first kappa shape index (κ1) is 19.4. The Labute approximate surface area is 156 Å². The lowest BCUT2D eigenvalue weighted by Gasteiger charge is -2.43.